The third-order valence-corrected chi connectivity index (χ3v) is 8.09. The SMILES string of the molecule is COC(=O)c1c(-c2ccc(OC)cc2)csc1NC(=O)c1cc(-c2ccc(C(C)C)cc2)nc2ccc(Br)cc12. The van der Waals surface area contributed by atoms with Crippen LogP contribution in [0.4, 0.5) is 5.00 Å². The van der Waals surface area contributed by atoms with Crippen LogP contribution in [0.15, 0.2) is 82.6 Å². The minimum Gasteiger partial charge on any atom is -0.497 e. The van der Waals surface area contributed by atoms with E-state index in [1.807, 2.05) is 60.0 Å². The van der Waals surface area contributed by atoms with Crippen molar-refractivity contribution in [3.8, 4) is 28.1 Å². The Morgan fingerprint density at radius 3 is 2.27 bits per heavy atom. The highest BCUT2D eigenvalue weighted by Gasteiger charge is 2.24. The molecule has 3 aromatic carbocycles. The molecule has 0 saturated heterocycles. The molecule has 1 N–H and O–H groups in total. The van der Waals surface area contributed by atoms with E-state index in [0.29, 0.717) is 50.0 Å². The third-order valence-electron chi connectivity index (χ3n) is 6.70. The number of carbonyl (C=O) groups is 2. The number of esters is 1. The Hall–Kier alpha value is -4.01. The zero-order valence-corrected chi connectivity index (χ0v) is 24.9. The Kier molecular flexibility index (Phi) is 8.00. The summed E-state index contributed by atoms with van der Waals surface area (Å²) in [5.74, 6) is 0.238. The van der Waals surface area contributed by atoms with Crippen LogP contribution in [0.3, 0.4) is 0 Å². The van der Waals surface area contributed by atoms with Crippen LogP contribution >= 0.6 is 27.3 Å². The molecule has 2 heterocycles. The van der Waals surface area contributed by atoms with Gasteiger partial charge in [-0.05, 0) is 53.4 Å². The molecule has 0 aliphatic carbocycles. The molecule has 40 heavy (non-hydrogen) atoms. The maximum atomic E-state index is 13.8. The molecule has 0 radical (unpaired) electrons. The number of benzene rings is 3. The van der Waals surface area contributed by atoms with Gasteiger partial charge in [-0.3, -0.25) is 4.79 Å². The number of hydrogen-bond donors (Lipinski definition) is 1. The van der Waals surface area contributed by atoms with Gasteiger partial charge in [0.2, 0.25) is 0 Å². The van der Waals surface area contributed by atoms with Gasteiger partial charge in [0, 0.05) is 26.4 Å². The Bertz CT molecular complexity index is 1710. The number of carbonyl (C=O) groups excluding carboxylic acids is 2. The predicted octanol–water partition coefficient (Wildman–Crippen LogP) is 8.56. The molecule has 202 valence electrons. The molecule has 0 aliphatic heterocycles. The Balaban J connectivity index is 1.57. The molecular weight excluding hydrogens is 588 g/mol. The summed E-state index contributed by atoms with van der Waals surface area (Å²) in [6.07, 6.45) is 0. The van der Waals surface area contributed by atoms with Crippen molar-refractivity contribution in [3.05, 3.63) is 99.3 Å². The molecule has 5 aromatic rings. The molecule has 0 aliphatic rings. The van der Waals surface area contributed by atoms with Gasteiger partial charge < -0.3 is 14.8 Å². The highest BCUT2D eigenvalue weighted by molar-refractivity contribution is 9.10. The van der Waals surface area contributed by atoms with E-state index in [1.54, 1.807) is 13.2 Å². The fraction of sp³-hybridized carbons (Fsp3) is 0.156. The zero-order chi connectivity index (χ0) is 28.4. The second-order valence-corrected chi connectivity index (χ2v) is 11.3. The van der Waals surface area contributed by atoms with Crippen molar-refractivity contribution in [2.24, 2.45) is 0 Å². The molecule has 0 bridgehead atoms. The number of hydrogen-bond acceptors (Lipinski definition) is 6. The molecular formula is C32H27BrN2O4S. The number of amides is 1. The molecule has 2 aromatic heterocycles. The summed E-state index contributed by atoms with van der Waals surface area (Å²) in [4.78, 5) is 31.6. The van der Waals surface area contributed by atoms with Crippen molar-refractivity contribution in [1.29, 1.82) is 0 Å². The van der Waals surface area contributed by atoms with E-state index in [4.69, 9.17) is 14.5 Å². The largest absolute Gasteiger partial charge is 0.497 e. The molecule has 1 amide bonds. The smallest absolute Gasteiger partial charge is 0.341 e. The van der Waals surface area contributed by atoms with E-state index in [0.717, 1.165) is 15.6 Å². The van der Waals surface area contributed by atoms with Crippen molar-refractivity contribution < 1.29 is 19.1 Å². The van der Waals surface area contributed by atoms with E-state index >= 15 is 0 Å². The summed E-state index contributed by atoms with van der Waals surface area (Å²) in [5.41, 5.74) is 5.75. The number of rotatable bonds is 7. The average molecular weight is 616 g/mol. The first kappa shape index (κ1) is 27.6. The molecule has 0 unspecified atom stereocenters. The van der Waals surface area contributed by atoms with Gasteiger partial charge in [-0.25, -0.2) is 9.78 Å². The summed E-state index contributed by atoms with van der Waals surface area (Å²) in [5, 5.41) is 5.92. The first-order chi connectivity index (χ1) is 19.3. The van der Waals surface area contributed by atoms with Crippen LogP contribution in [0, 0.1) is 0 Å². The van der Waals surface area contributed by atoms with Gasteiger partial charge in [0.1, 0.15) is 16.3 Å². The lowest BCUT2D eigenvalue weighted by molar-refractivity contribution is 0.0603. The van der Waals surface area contributed by atoms with Crippen LogP contribution in [0.1, 0.15) is 46.0 Å². The van der Waals surface area contributed by atoms with E-state index in [-0.39, 0.29) is 5.91 Å². The van der Waals surface area contributed by atoms with Gasteiger partial charge in [0.25, 0.3) is 5.91 Å². The summed E-state index contributed by atoms with van der Waals surface area (Å²) in [6.45, 7) is 4.30. The summed E-state index contributed by atoms with van der Waals surface area (Å²) in [6, 6.07) is 23.1. The van der Waals surface area contributed by atoms with Gasteiger partial charge >= 0.3 is 5.97 Å². The normalized spacial score (nSPS) is 11.1. The Labute approximate surface area is 245 Å². The second-order valence-electron chi connectivity index (χ2n) is 9.52. The number of halogens is 1. The van der Waals surface area contributed by atoms with Crippen LogP contribution in [0.2, 0.25) is 0 Å². The van der Waals surface area contributed by atoms with Crippen LogP contribution in [0.5, 0.6) is 5.75 Å². The topological polar surface area (TPSA) is 77.5 Å². The number of anilines is 1. The lowest BCUT2D eigenvalue weighted by Gasteiger charge is -2.12. The highest BCUT2D eigenvalue weighted by Crippen LogP contribution is 2.37. The van der Waals surface area contributed by atoms with Gasteiger partial charge in [-0.15, -0.1) is 11.3 Å². The van der Waals surface area contributed by atoms with E-state index in [2.05, 4.69) is 47.2 Å². The third kappa shape index (κ3) is 5.50. The molecule has 0 atom stereocenters. The van der Waals surface area contributed by atoms with Crippen LogP contribution < -0.4 is 10.1 Å². The monoisotopic (exact) mass is 614 g/mol. The number of ether oxygens (including phenoxy) is 2. The number of aromatic nitrogens is 1. The van der Waals surface area contributed by atoms with Gasteiger partial charge in [-0.2, -0.15) is 0 Å². The fourth-order valence-electron chi connectivity index (χ4n) is 4.48. The van der Waals surface area contributed by atoms with Crippen molar-refractivity contribution in [2.75, 3.05) is 19.5 Å². The van der Waals surface area contributed by atoms with E-state index in [9.17, 15) is 9.59 Å². The number of nitrogens with one attached hydrogen (secondary N) is 1. The van der Waals surface area contributed by atoms with E-state index < -0.39 is 5.97 Å². The maximum absolute atomic E-state index is 13.8. The highest BCUT2D eigenvalue weighted by atomic mass is 79.9. The minimum absolute atomic E-state index is 0.301. The number of methoxy groups -OCH3 is 2. The van der Waals surface area contributed by atoms with Crippen molar-refractivity contribution in [1.82, 2.24) is 4.98 Å². The lowest BCUT2D eigenvalue weighted by Crippen LogP contribution is -2.15. The molecule has 6 nitrogen and oxygen atoms in total. The van der Waals surface area contributed by atoms with Crippen molar-refractivity contribution in [2.45, 2.75) is 19.8 Å². The van der Waals surface area contributed by atoms with E-state index in [1.165, 1.54) is 24.0 Å². The van der Waals surface area contributed by atoms with Crippen LogP contribution in [-0.2, 0) is 4.74 Å². The van der Waals surface area contributed by atoms with Crippen molar-refractivity contribution in [3.63, 3.8) is 0 Å². The molecule has 8 heteroatoms. The number of fused-ring (bicyclic) bond motifs is 1. The molecule has 5 rings (SSSR count). The first-order valence-electron chi connectivity index (χ1n) is 12.6. The van der Waals surface area contributed by atoms with Crippen molar-refractivity contribution >= 4 is 55.0 Å². The first-order valence-corrected chi connectivity index (χ1v) is 14.3. The maximum Gasteiger partial charge on any atom is 0.341 e. The Morgan fingerprint density at radius 2 is 1.62 bits per heavy atom. The fourth-order valence-corrected chi connectivity index (χ4v) is 5.79. The zero-order valence-electron chi connectivity index (χ0n) is 22.4. The standard InChI is InChI=1S/C32H27BrN2O4S/c1-18(2)19-5-7-21(8-6-19)28-16-25(24-15-22(33)11-14-27(24)34-28)30(36)35-31-29(32(37)39-4)26(17-40-31)20-9-12-23(38-3)13-10-20/h5-18H,1-4H3,(H,35,36). The quantitative estimate of drug-likeness (QED) is 0.186. The molecule has 0 saturated carbocycles. The van der Waals surface area contributed by atoms with Gasteiger partial charge in [0.05, 0.1) is 31.0 Å². The number of thiophene rings is 1. The summed E-state index contributed by atoms with van der Waals surface area (Å²) >= 11 is 4.79. The van der Waals surface area contributed by atoms with Crippen LogP contribution in [0.25, 0.3) is 33.3 Å². The molecule has 0 spiro atoms. The summed E-state index contributed by atoms with van der Waals surface area (Å²) < 4.78 is 11.2. The predicted molar refractivity (Wildman–Crippen MR) is 165 cm³/mol. The number of pyridine rings is 1. The number of nitrogens with zero attached hydrogens (tertiary/aromatic N) is 1. The van der Waals surface area contributed by atoms with Crippen LogP contribution in [-0.4, -0.2) is 31.1 Å². The van der Waals surface area contributed by atoms with Gasteiger partial charge in [-0.1, -0.05) is 66.2 Å². The molecule has 0 fully saturated rings. The lowest BCUT2D eigenvalue weighted by atomic mass is 9.99. The van der Waals surface area contributed by atoms with Gasteiger partial charge in [0.15, 0.2) is 0 Å². The Morgan fingerprint density at radius 1 is 0.925 bits per heavy atom. The second kappa shape index (κ2) is 11.6. The summed E-state index contributed by atoms with van der Waals surface area (Å²) in [7, 11) is 2.93. The minimum atomic E-state index is -0.532. The average Bonchev–Trinajstić information content (AvgIpc) is 3.39.